The Bertz CT molecular complexity index is 394. The van der Waals surface area contributed by atoms with Gasteiger partial charge in [-0.3, -0.25) is 4.79 Å². The predicted octanol–water partition coefficient (Wildman–Crippen LogP) is 2.80. The van der Waals surface area contributed by atoms with Crippen LogP contribution in [0.4, 0.5) is 0 Å². The van der Waals surface area contributed by atoms with Crippen molar-refractivity contribution in [2.75, 3.05) is 5.75 Å². The van der Waals surface area contributed by atoms with Crippen molar-refractivity contribution in [3.63, 3.8) is 0 Å². The Labute approximate surface area is 120 Å². The number of hydrogen-bond acceptors (Lipinski definition) is 3. The van der Waals surface area contributed by atoms with E-state index in [1.165, 1.54) is 4.90 Å². The lowest BCUT2D eigenvalue weighted by Crippen LogP contribution is -2.55. The van der Waals surface area contributed by atoms with E-state index in [-0.39, 0.29) is 11.9 Å². The molecule has 0 heterocycles. The van der Waals surface area contributed by atoms with E-state index in [2.05, 4.69) is 17.4 Å². The molecule has 0 radical (unpaired) electrons. The van der Waals surface area contributed by atoms with Crippen LogP contribution in [0.5, 0.6) is 0 Å². The standard InChI is InChI=1S/C15H24N2OS/c1-12(2)17-15(3,14(16)18)10-7-11-19-13-8-5-4-6-9-13/h4-6,8-9,12,17H,7,10-11H2,1-3H3,(H2,16,18). The summed E-state index contributed by atoms with van der Waals surface area (Å²) in [6, 6.07) is 10.5. The lowest BCUT2D eigenvalue weighted by Gasteiger charge is -2.29. The van der Waals surface area contributed by atoms with Crippen LogP contribution in [0.25, 0.3) is 0 Å². The zero-order valence-electron chi connectivity index (χ0n) is 12.0. The molecule has 1 unspecified atom stereocenters. The topological polar surface area (TPSA) is 55.1 Å². The van der Waals surface area contributed by atoms with Crippen molar-refractivity contribution in [2.45, 2.75) is 50.1 Å². The van der Waals surface area contributed by atoms with E-state index in [9.17, 15) is 4.79 Å². The van der Waals surface area contributed by atoms with E-state index >= 15 is 0 Å². The number of nitrogens with two attached hydrogens (primary N) is 1. The van der Waals surface area contributed by atoms with E-state index in [1.807, 2.05) is 50.7 Å². The molecule has 0 bridgehead atoms. The Balaban J connectivity index is 2.39. The molecule has 0 saturated carbocycles. The summed E-state index contributed by atoms with van der Waals surface area (Å²) in [5, 5.41) is 3.27. The number of carbonyl (C=O) groups is 1. The number of carbonyl (C=O) groups excluding carboxylic acids is 1. The van der Waals surface area contributed by atoms with Gasteiger partial charge in [0.2, 0.25) is 5.91 Å². The van der Waals surface area contributed by atoms with Gasteiger partial charge in [-0.25, -0.2) is 0 Å². The quantitative estimate of drug-likeness (QED) is 0.569. The molecule has 0 aliphatic rings. The molecule has 1 aromatic rings. The van der Waals surface area contributed by atoms with Crippen molar-refractivity contribution in [3.8, 4) is 0 Å². The molecule has 4 heteroatoms. The van der Waals surface area contributed by atoms with Crippen LogP contribution < -0.4 is 11.1 Å². The third-order valence-electron chi connectivity index (χ3n) is 2.98. The molecule has 1 atom stereocenters. The lowest BCUT2D eigenvalue weighted by atomic mass is 9.94. The smallest absolute Gasteiger partial charge is 0.237 e. The molecule has 0 aliphatic heterocycles. The third kappa shape index (κ3) is 5.66. The van der Waals surface area contributed by atoms with E-state index < -0.39 is 5.54 Å². The van der Waals surface area contributed by atoms with Crippen LogP contribution in [0.3, 0.4) is 0 Å². The molecule has 1 aromatic carbocycles. The van der Waals surface area contributed by atoms with Crippen LogP contribution in [-0.2, 0) is 4.79 Å². The molecule has 0 aromatic heterocycles. The minimum absolute atomic E-state index is 0.249. The van der Waals surface area contributed by atoms with Crippen molar-refractivity contribution in [2.24, 2.45) is 5.73 Å². The maximum atomic E-state index is 11.6. The normalized spacial score (nSPS) is 14.3. The van der Waals surface area contributed by atoms with Crippen LogP contribution in [0.2, 0.25) is 0 Å². The molecule has 0 fully saturated rings. The highest BCUT2D eigenvalue weighted by atomic mass is 32.2. The van der Waals surface area contributed by atoms with Crippen molar-refractivity contribution in [3.05, 3.63) is 30.3 Å². The van der Waals surface area contributed by atoms with Gasteiger partial charge in [0.05, 0.1) is 5.54 Å². The molecule has 0 saturated heterocycles. The van der Waals surface area contributed by atoms with Gasteiger partial charge in [0.25, 0.3) is 0 Å². The molecule has 3 nitrogen and oxygen atoms in total. The molecular formula is C15H24N2OS. The van der Waals surface area contributed by atoms with Gasteiger partial charge >= 0.3 is 0 Å². The maximum Gasteiger partial charge on any atom is 0.237 e. The second-order valence-corrected chi connectivity index (χ2v) is 6.43. The van der Waals surface area contributed by atoms with Gasteiger partial charge in [0, 0.05) is 10.9 Å². The van der Waals surface area contributed by atoms with Crippen LogP contribution in [0, 0.1) is 0 Å². The van der Waals surface area contributed by atoms with Crippen LogP contribution in [0.15, 0.2) is 35.2 Å². The minimum atomic E-state index is -0.606. The van der Waals surface area contributed by atoms with Crippen LogP contribution in [-0.4, -0.2) is 23.2 Å². The minimum Gasteiger partial charge on any atom is -0.368 e. The summed E-state index contributed by atoms with van der Waals surface area (Å²) in [5.41, 5.74) is 4.90. The first-order valence-electron chi connectivity index (χ1n) is 6.69. The summed E-state index contributed by atoms with van der Waals surface area (Å²) in [5.74, 6) is 0.720. The SMILES string of the molecule is CC(C)NC(C)(CCCSc1ccccc1)C(N)=O. The van der Waals surface area contributed by atoms with E-state index in [1.54, 1.807) is 0 Å². The van der Waals surface area contributed by atoms with Gasteiger partial charge in [0.1, 0.15) is 0 Å². The lowest BCUT2D eigenvalue weighted by molar-refractivity contribution is -0.124. The molecule has 1 rings (SSSR count). The molecular weight excluding hydrogens is 256 g/mol. The Kier molecular flexibility index (Phi) is 6.38. The Morgan fingerprint density at radius 2 is 2.00 bits per heavy atom. The van der Waals surface area contributed by atoms with Crippen molar-refractivity contribution in [1.82, 2.24) is 5.32 Å². The summed E-state index contributed by atoms with van der Waals surface area (Å²) < 4.78 is 0. The molecule has 0 aliphatic carbocycles. The summed E-state index contributed by atoms with van der Waals surface area (Å²) in [6.45, 7) is 5.95. The summed E-state index contributed by atoms with van der Waals surface area (Å²) in [6.07, 6.45) is 1.72. The summed E-state index contributed by atoms with van der Waals surface area (Å²) in [4.78, 5) is 12.8. The highest BCUT2D eigenvalue weighted by molar-refractivity contribution is 7.99. The number of benzene rings is 1. The number of rotatable bonds is 8. The summed E-state index contributed by atoms with van der Waals surface area (Å²) >= 11 is 1.81. The molecule has 3 N–H and O–H groups in total. The maximum absolute atomic E-state index is 11.6. The van der Waals surface area contributed by atoms with E-state index in [0.717, 1.165) is 18.6 Å². The van der Waals surface area contributed by atoms with Crippen LogP contribution >= 0.6 is 11.8 Å². The zero-order chi connectivity index (χ0) is 14.3. The fourth-order valence-electron chi connectivity index (χ4n) is 2.04. The fraction of sp³-hybridized carbons (Fsp3) is 0.533. The second-order valence-electron chi connectivity index (χ2n) is 5.26. The second kappa shape index (κ2) is 7.56. The number of primary amides is 1. The molecule has 19 heavy (non-hydrogen) atoms. The van der Waals surface area contributed by atoms with Gasteiger partial charge in [-0.15, -0.1) is 11.8 Å². The van der Waals surface area contributed by atoms with E-state index in [0.29, 0.717) is 0 Å². The molecule has 106 valence electrons. The van der Waals surface area contributed by atoms with Gasteiger partial charge in [-0.05, 0) is 51.5 Å². The fourth-order valence-corrected chi connectivity index (χ4v) is 2.91. The largest absolute Gasteiger partial charge is 0.368 e. The average Bonchev–Trinajstić information content (AvgIpc) is 2.35. The number of nitrogens with one attached hydrogen (secondary N) is 1. The highest BCUT2D eigenvalue weighted by Crippen LogP contribution is 2.21. The number of thioether (sulfide) groups is 1. The first-order valence-corrected chi connectivity index (χ1v) is 7.68. The van der Waals surface area contributed by atoms with Gasteiger partial charge < -0.3 is 11.1 Å². The van der Waals surface area contributed by atoms with Gasteiger partial charge in [-0.1, -0.05) is 18.2 Å². The predicted molar refractivity (Wildman–Crippen MR) is 82.3 cm³/mol. The van der Waals surface area contributed by atoms with E-state index in [4.69, 9.17) is 5.73 Å². The number of hydrogen-bond donors (Lipinski definition) is 2. The summed E-state index contributed by atoms with van der Waals surface area (Å²) in [7, 11) is 0. The third-order valence-corrected chi connectivity index (χ3v) is 4.08. The Morgan fingerprint density at radius 3 is 2.53 bits per heavy atom. The Hall–Kier alpha value is -1.00. The molecule has 1 amide bonds. The van der Waals surface area contributed by atoms with Crippen molar-refractivity contribution in [1.29, 1.82) is 0 Å². The average molecular weight is 280 g/mol. The Morgan fingerprint density at radius 1 is 1.37 bits per heavy atom. The first kappa shape index (κ1) is 16.1. The molecule has 0 spiro atoms. The number of amides is 1. The zero-order valence-corrected chi connectivity index (χ0v) is 12.8. The van der Waals surface area contributed by atoms with Crippen molar-refractivity contribution < 1.29 is 4.79 Å². The highest BCUT2D eigenvalue weighted by Gasteiger charge is 2.30. The monoisotopic (exact) mass is 280 g/mol. The first-order chi connectivity index (χ1) is 8.94. The van der Waals surface area contributed by atoms with Crippen molar-refractivity contribution >= 4 is 17.7 Å². The van der Waals surface area contributed by atoms with Crippen LogP contribution in [0.1, 0.15) is 33.6 Å². The van der Waals surface area contributed by atoms with Gasteiger partial charge in [-0.2, -0.15) is 0 Å². The van der Waals surface area contributed by atoms with Gasteiger partial charge in [0.15, 0.2) is 0 Å².